The summed E-state index contributed by atoms with van der Waals surface area (Å²) in [5, 5.41) is 29.2. The molecule has 0 aromatic heterocycles. The highest BCUT2D eigenvalue weighted by atomic mass is 16.4. The summed E-state index contributed by atoms with van der Waals surface area (Å²) in [6, 6.07) is 1.77. The number of benzene rings is 1. The van der Waals surface area contributed by atoms with Gasteiger partial charge < -0.3 is 26.4 Å². The first-order chi connectivity index (χ1) is 8.81. The van der Waals surface area contributed by atoms with Gasteiger partial charge in [-0.15, -0.1) is 0 Å². The number of carboxylic acids is 1. The van der Waals surface area contributed by atoms with E-state index in [1.165, 1.54) is 6.07 Å². The molecule has 1 rings (SSSR count). The van der Waals surface area contributed by atoms with E-state index in [9.17, 15) is 19.5 Å². The lowest BCUT2D eigenvalue weighted by Crippen LogP contribution is -2.43. The molecule has 0 aliphatic heterocycles. The molecule has 0 unspecified atom stereocenters. The third-order valence-electron chi connectivity index (χ3n) is 2.25. The highest BCUT2D eigenvalue weighted by Gasteiger charge is 2.23. The summed E-state index contributed by atoms with van der Waals surface area (Å²) in [6.07, 6.45) is -0.550. The van der Waals surface area contributed by atoms with E-state index in [2.05, 4.69) is 5.32 Å². The highest BCUT2D eigenvalue weighted by Crippen LogP contribution is 2.24. The van der Waals surface area contributed by atoms with Crippen molar-refractivity contribution in [3.8, 4) is 11.5 Å². The second-order valence-electron chi connectivity index (χ2n) is 3.74. The Kier molecular flexibility index (Phi) is 4.30. The van der Waals surface area contributed by atoms with E-state index in [0.717, 1.165) is 12.1 Å². The van der Waals surface area contributed by atoms with Crippen LogP contribution in [0.25, 0.3) is 0 Å². The van der Waals surface area contributed by atoms with Gasteiger partial charge in [-0.2, -0.15) is 0 Å². The molecule has 102 valence electrons. The van der Waals surface area contributed by atoms with E-state index in [1.807, 2.05) is 0 Å². The minimum Gasteiger partial charge on any atom is -0.504 e. The molecule has 8 nitrogen and oxygen atoms in total. The zero-order valence-electron chi connectivity index (χ0n) is 9.66. The van der Waals surface area contributed by atoms with Crippen LogP contribution in [-0.4, -0.2) is 39.1 Å². The molecule has 6 N–H and O–H groups in total. The number of hydrogen-bond acceptors (Lipinski definition) is 5. The van der Waals surface area contributed by atoms with Crippen LogP contribution < -0.4 is 11.1 Å². The molecule has 0 fully saturated rings. The number of phenolic OH excluding ortho intramolecular Hbond substituents is 2. The van der Waals surface area contributed by atoms with Crippen LogP contribution in [0, 0.1) is 0 Å². The number of nitrogens with two attached hydrogens (primary N) is 1. The highest BCUT2D eigenvalue weighted by molar-refractivity contribution is 5.98. The van der Waals surface area contributed by atoms with E-state index >= 15 is 0 Å². The van der Waals surface area contributed by atoms with Crippen molar-refractivity contribution in [3.63, 3.8) is 0 Å². The Bertz CT molecular complexity index is 528. The SMILES string of the molecule is NC(=O)C[C@H](NC(=O)c1ccc(O)c(O)c1)C(=O)O. The number of carbonyl (C=O) groups excluding carboxylic acids is 2. The van der Waals surface area contributed by atoms with Gasteiger partial charge in [0.2, 0.25) is 5.91 Å². The Labute approximate surface area is 107 Å². The summed E-state index contributed by atoms with van der Waals surface area (Å²) >= 11 is 0. The second-order valence-corrected chi connectivity index (χ2v) is 3.74. The van der Waals surface area contributed by atoms with Crippen LogP contribution in [0.3, 0.4) is 0 Å². The van der Waals surface area contributed by atoms with Crippen LogP contribution in [0.1, 0.15) is 16.8 Å². The van der Waals surface area contributed by atoms with Gasteiger partial charge in [0.15, 0.2) is 11.5 Å². The molecule has 1 aromatic rings. The molecule has 0 heterocycles. The van der Waals surface area contributed by atoms with Gasteiger partial charge in [-0.3, -0.25) is 9.59 Å². The predicted molar refractivity (Wildman–Crippen MR) is 62.5 cm³/mol. The average Bonchev–Trinajstić information content (AvgIpc) is 2.31. The number of nitrogens with one attached hydrogen (secondary N) is 1. The topological polar surface area (TPSA) is 150 Å². The van der Waals surface area contributed by atoms with Gasteiger partial charge in [-0.1, -0.05) is 0 Å². The first-order valence-corrected chi connectivity index (χ1v) is 5.15. The van der Waals surface area contributed by atoms with Crippen molar-refractivity contribution in [2.75, 3.05) is 0 Å². The fourth-order valence-corrected chi connectivity index (χ4v) is 1.31. The van der Waals surface area contributed by atoms with Crippen molar-refractivity contribution in [2.45, 2.75) is 12.5 Å². The van der Waals surface area contributed by atoms with Gasteiger partial charge in [0.25, 0.3) is 5.91 Å². The Morgan fingerprint density at radius 2 is 1.84 bits per heavy atom. The average molecular weight is 268 g/mol. The Hall–Kier alpha value is -2.77. The van der Waals surface area contributed by atoms with Crippen LogP contribution in [-0.2, 0) is 9.59 Å². The Morgan fingerprint density at radius 1 is 1.21 bits per heavy atom. The molecular weight excluding hydrogens is 256 g/mol. The fourth-order valence-electron chi connectivity index (χ4n) is 1.31. The van der Waals surface area contributed by atoms with Crippen molar-refractivity contribution in [3.05, 3.63) is 23.8 Å². The zero-order chi connectivity index (χ0) is 14.6. The maximum absolute atomic E-state index is 11.7. The lowest BCUT2D eigenvalue weighted by molar-refractivity contribution is -0.140. The van der Waals surface area contributed by atoms with E-state index in [0.29, 0.717) is 0 Å². The molecule has 19 heavy (non-hydrogen) atoms. The van der Waals surface area contributed by atoms with Crippen LogP contribution in [0.15, 0.2) is 18.2 Å². The third kappa shape index (κ3) is 3.87. The first kappa shape index (κ1) is 14.3. The van der Waals surface area contributed by atoms with Crippen molar-refractivity contribution in [2.24, 2.45) is 5.73 Å². The van der Waals surface area contributed by atoms with Crippen molar-refractivity contribution in [1.82, 2.24) is 5.32 Å². The number of primary amides is 1. The molecule has 0 bridgehead atoms. The minimum absolute atomic E-state index is 0.0639. The van der Waals surface area contributed by atoms with Crippen LogP contribution in [0.2, 0.25) is 0 Å². The maximum atomic E-state index is 11.7. The number of aromatic hydroxyl groups is 2. The van der Waals surface area contributed by atoms with Gasteiger partial charge >= 0.3 is 5.97 Å². The standard InChI is InChI=1S/C11H12N2O6/c12-9(16)4-6(11(18)19)13-10(17)5-1-2-7(14)8(15)3-5/h1-3,6,14-15H,4H2,(H2,12,16)(H,13,17)(H,18,19)/t6-/m0/s1. The number of carboxylic acid groups (broad SMARTS) is 1. The van der Waals surface area contributed by atoms with E-state index in [-0.39, 0.29) is 5.56 Å². The lowest BCUT2D eigenvalue weighted by Gasteiger charge is -2.13. The van der Waals surface area contributed by atoms with Gasteiger partial charge in [0.05, 0.1) is 6.42 Å². The molecule has 0 radical (unpaired) electrons. The van der Waals surface area contributed by atoms with Crippen molar-refractivity contribution >= 4 is 17.8 Å². The van der Waals surface area contributed by atoms with Gasteiger partial charge in [-0.25, -0.2) is 4.79 Å². The van der Waals surface area contributed by atoms with Crippen molar-refractivity contribution < 1.29 is 29.7 Å². The number of phenols is 2. The summed E-state index contributed by atoms with van der Waals surface area (Å²) in [5.74, 6) is -4.03. The molecule has 8 heteroatoms. The van der Waals surface area contributed by atoms with E-state index < -0.39 is 41.7 Å². The zero-order valence-corrected chi connectivity index (χ0v) is 9.66. The molecule has 1 atom stereocenters. The van der Waals surface area contributed by atoms with Crippen LogP contribution in [0.5, 0.6) is 11.5 Å². The van der Waals surface area contributed by atoms with E-state index in [4.69, 9.17) is 15.9 Å². The number of amides is 2. The van der Waals surface area contributed by atoms with Gasteiger partial charge in [-0.05, 0) is 18.2 Å². The molecule has 0 spiro atoms. The van der Waals surface area contributed by atoms with Crippen LogP contribution in [0.4, 0.5) is 0 Å². The summed E-state index contributed by atoms with van der Waals surface area (Å²) in [6.45, 7) is 0. The fraction of sp³-hybridized carbons (Fsp3) is 0.182. The molecule has 0 aliphatic carbocycles. The van der Waals surface area contributed by atoms with Crippen LogP contribution >= 0.6 is 0 Å². The molecule has 1 aromatic carbocycles. The molecule has 0 saturated heterocycles. The largest absolute Gasteiger partial charge is 0.504 e. The summed E-state index contributed by atoms with van der Waals surface area (Å²) in [4.78, 5) is 33.2. The Morgan fingerprint density at radius 3 is 2.32 bits per heavy atom. The first-order valence-electron chi connectivity index (χ1n) is 5.15. The number of carbonyl (C=O) groups is 3. The second kappa shape index (κ2) is 5.71. The molecule has 2 amide bonds. The maximum Gasteiger partial charge on any atom is 0.326 e. The molecular formula is C11H12N2O6. The molecule has 0 saturated carbocycles. The normalized spacial score (nSPS) is 11.6. The summed E-state index contributed by atoms with van der Waals surface area (Å²) in [5.41, 5.74) is 4.80. The summed E-state index contributed by atoms with van der Waals surface area (Å²) < 4.78 is 0. The van der Waals surface area contributed by atoms with Gasteiger partial charge in [0.1, 0.15) is 6.04 Å². The van der Waals surface area contributed by atoms with Crippen molar-refractivity contribution in [1.29, 1.82) is 0 Å². The monoisotopic (exact) mass is 268 g/mol. The summed E-state index contributed by atoms with van der Waals surface area (Å²) in [7, 11) is 0. The number of hydrogen-bond donors (Lipinski definition) is 5. The third-order valence-corrected chi connectivity index (χ3v) is 2.25. The van der Waals surface area contributed by atoms with Gasteiger partial charge in [0, 0.05) is 5.56 Å². The lowest BCUT2D eigenvalue weighted by atomic mass is 10.1. The van der Waals surface area contributed by atoms with E-state index in [1.54, 1.807) is 0 Å². The molecule has 0 aliphatic rings. The Balaban J connectivity index is 2.84. The predicted octanol–water partition coefficient (Wildman–Crippen LogP) is -0.844. The number of rotatable bonds is 5. The quantitative estimate of drug-likeness (QED) is 0.439. The number of aliphatic carboxylic acids is 1. The smallest absolute Gasteiger partial charge is 0.326 e. The minimum atomic E-state index is -1.46.